The fourth-order valence-electron chi connectivity index (χ4n) is 2.51. The van der Waals surface area contributed by atoms with Crippen molar-refractivity contribution in [3.63, 3.8) is 0 Å². The van der Waals surface area contributed by atoms with Gasteiger partial charge in [-0.1, -0.05) is 11.6 Å². The summed E-state index contributed by atoms with van der Waals surface area (Å²) in [6, 6.07) is 3.63. The van der Waals surface area contributed by atoms with Crippen LogP contribution in [0.5, 0.6) is 5.75 Å². The van der Waals surface area contributed by atoms with Crippen LogP contribution < -0.4 is 4.74 Å². The lowest BCUT2D eigenvalue weighted by molar-refractivity contribution is -0.384. The van der Waals surface area contributed by atoms with Crippen molar-refractivity contribution in [3.05, 3.63) is 33.3 Å². The minimum atomic E-state index is -1.18. The van der Waals surface area contributed by atoms with Crippen LogP contribution in [0.3, 0.4) is 0 Å². The number of likely N-dealkylation sites (tertiary alicyclic amines) is 1. The number of amides is 1. The first-order chi connectivity index (χ1) is 11.9. The van der Waals surface area contributed by atoms with Gasteiger partial charge in [0, 0.05) is 12.1 Å². The molecule has 26 heavy (non-hydrogen) atoms. The van der Waals surface area contributed by atoms with E-state index in [0.717, 1.165) is 6.07 Å². The molecule has 0 aromatic heterocycles. The van der Waals surface area contributed by atoms with Crippen LogP contribution in [0.25, 0.3) is 0 Å². The molecular formula is C16H19ClN2O7. The average molecular weight is 387 g/mol. The molecule has 1 fully saturated rings. The summed E-state index contributed by atoms with van der Waals surface area (Å²) in [6.45, 7) is 5.18. The Morgan fingerprint density at radius 2 is 2.00 bits per heavy atom. The summed E-state index contributed by atoms with van der Waals surface area (Å²) in [6.07, 6.45) is -0.934. The van der Waals surface area contributed by atoms with E-state index in [4.69, 9.17) is 26.2 Å². The van der Waals surface area contributed by atoms with Crippen molar-refractivity contribution in [2.24, 2.45) is 0 Å². The van der Waals surface area contributed by atoms with Gasteiger partial charge in [-0.2, -0.15) is 0 Å². The average Bonchev–Trinajstić information content (AvgIpc) is 2.43. The van der Waals surface area contributed by atoms with Gasteiger partial charge < -0.3 is 14.6 Å². The van der Waals surface area contributed by atoms with Gasteiger partial charge in [-0.05, 0) is 26.8 Å². The normalized spacial score (nSPS) is 15.8. The number of carboxylic acids is 1. The lowest BCUT2D eigenvalue weighted by Crippen LogP contribution is -2.67. The molecule has 1 aliphatic heterocycles. The van der Waals surface area contributed by atoms with Gasteiger partial charge in [0.05, 0.1) is 29.5 Å². The molecule has 0 aliphatic carbocycles. The molecule has 1 heterocycles. The Kier molecular flexibility index (Phi) is 5.31. The molecule has 0 unspecified atom stereocenters. The summed E-state index contributed by atoms with van der Waals surface area (Å²) >= 11 is 6.00. The van der Waals surface area contributed by atoms with Crippen molar-refractivity contribution in [1.29, 1.82) is 0 Å². The number of benzene rings is 1. The summed E-state index contributed by atoms with van der Waals surface area (Å²) in [4.78, 5) is 34.7. The summed E-state index contributed by atoms with van der Waals surface area (Å²) in [5.74, 6) is -0.991. The number of ether oxygens (including phenoxy) is 2. The van der Waals surface area contributed by atoms with E-state index in [1.807, 2.05) is 0 Å². The summed E-state index contributed by atoms with van der Waals surface area (Å²) in [5, 5.41) is 19.9. The van der Waals surface area contributed by atoms with Crippen LogP contribution in [-0.2, 0) is 9.53 Å². The van der Waals surface area contributed by atoms with Crippen LogP contribution in [0.2, 0.25) is 5.02 Å². The first-order valence-electron chi connectivity index (χ1n) is 7.73. The molecule has 0 radical (unpaired) electrons. The number of rotatable bonds is 5. The number of non-ortho nitro benzene ring substituents is 1. The number of carbonyl (C=O) groups excluding carboxylic acids is 1. The van der Waals surface area contributed by atoms with Crippen LogP contribution in [0.1, 0.15) is 27.2 Å². The van der Waals surface area contributed by atoms with Crippen molar-refractivity contribution in [1.82, 2.24) is 4.90 Å². The highest BCUT2D eigenvalue weighted by Crippen LogP contribution is 2.36. The van der Waals surface area contributed by atoms with Gasteiger partial charge in [0.2, 0.25) is 0 Å². The van der Waals surface area contributed by atoms with Crippen LogP contribution in [0, 0.1) is 10.1 Å². The zero-order chi connectivity index (χ0) is 19.7. The van der Waals surface area contributed by atoms with Gasteiger partial charge in [0.1, 0.15) is 11.4 Å². The number of hydrogen-bond acceptors (Lipinski definition) is 6. The van der Waals surface area contributed by atoms with Crippen LogP contribution in [-0.4, -0.2) is 51.3 Å². The molecule has 0 bridgehead atoms. The summed E-state index contributed by atoms with van der Waals surface area (Å²) in [5.41, 5.74) is -2.06. The predicted molar refractivity (Wildman–Crippen MR) is 91.5 cm³/mol. The van der Waals surface area contributed by atoms with Crippen molar-refractivity contribution >= 4 is 29.4 Å². The largest absolute Gasteiger partial charge is 0.481 e. The van der Waals surface area contributed by atoms with Crippen molar-refractivity contribution in [2.75, 3.05) is 13.1 Å². The van der Waals surface area contributed by atoms with Crippen molar-refractivity contribution in [2.45, 2.75) is 38.4 Å². The maximum atomic E-state index is 12.1. The summed E-state index contributed by atoms with van der Waals surface area (Å²) in [7, 11) is 0. The van der Waals surface area contributed by atoms with Crippen LogP contribution in [0.15, 0.2) is 18.2 Å². The number of carboxylic acid groups (broad SMARTS) is 1. The number of aliphatic carboxylic acids is 1. The Hall–Kier alpha value is -2.55. The standard InChI is InChI=1S/C16H19ClN2O7/c1-15(2,3)26-14(22)18-8-16(9-18,7-13(20)21)25-12-5-4-10(19(23)24)6-11(12)17/h4-6H,7-9H2,1-3H3,(H,20,21). The van der Waals surface area contributed by atoms with Gasteiger partial charge >= 0.3 is 12.1 Å². The third-order valence-electron chi connectivity index (χ3n) is 3.54. The highest BCUT2D eigenvalue weighted by atomic mass is 35.5. The van der Waals surface area contributed by atoms with Gasteiger partial charge in [-0.15, -0.1) is 0 Å². The molecule has 1 N–H and O–H groups in total. The maximum absolute atomic E-state index is 12.1. The topological polar surface area (TPSA) is 119 Å². The third-order valence-corrected chi connectivity index (χ3v) is 3.83. The van der Waals surface area contributed by atoms with E-state index in [9.17, 15) is 19.7 Å². The van der Waals surface area contributed by atoms with Crippen LogP contribution in [0.4, 0.5) is 10.5 Å². The number of halogens is 1. The number of carbonyl (C=O) groups is 2. The van der Waals surface area contributed by atoms with Gasteiger partial charge in [0.25, 0.3) is 5.69 Å². The highest BCUT2D eigenvalue weighted by molar-refractivity contribution is 6.32. The van der Waals surface area contributed by atoms with Crippen LogP contribution >= 0.6 is 11.6 Å². The molecule has 1 amide bonds. The zero-order valence-corrected chi connectivity index (χ0v) is 15.3. The SMILES string of the molecule is CC(C)(C)OC(=O)N1CC(CC(=O)O)(Oc2ccc([N+](=O)[O-])cc2Cl)C1. The van der Waals surface area contributed by atoms with E-state index in [-0.39, 0.29) is 36.0 Å². The predicted octanol–water partition coefficient (Wildman–Crippen LogP) is 3.09. The van der Waals surface area contributed by atoms with Gasteiger partial charge in [0.15, 0.2) is 5.60 Å². The van der Waals surface area contributed by atoms with E-state index >= 15 is 0 Å². The third kappa shape index (κ3) is 4.75. The minimum absolute atomic E-state index is 0.00152. The zero-order valence-electron chi connectivity index (χ0n) is 14.5. The van der Waals surface area contributed by atoms with E-state index < -0.39 is 28.2 Å². The lowest BCUT2D eigenvalue weighted by atomic mass is 9.90. The molecule has 1 saturated heterocycles. The first kappa shape index (κ1) is 19.8. The van der Waals surface area contributed by atoms with E-state index in [2.05, 4.69) is 0 Å². The molecule has 0 saturated carbocycles. The quantitative estimate of drug-likeness (QED) is 0.609. The fraction of sp³-hybridized carbons (Fsp3) is 0.500. The van der Waals surface area contributed by atoms with E-state index in [1.165, 1.54) is 17.0 Å². The monoisotopic (exact) mass is 386 g/mol. The molecular weight excluding hydrogens is 368 g/mol. The second-order valence-electron chi connectivity index (χ2n) is 7.06. The highest BCUT2D eigenvalue weighted by Gasteiger charge is 2.50. The molecule has 9 nitrogen and oxygen atoms in total. The number of nitrogens with zero attached hydrogens (tertiary/aromatic N) is 2. The molecule has 1 aromatic rings. The van der Waals surface area contributed by atoms with Gasteiger partial charge in [-0.3, -0.25) is 19.8 Å². The Labute approximate surface area is 154 Å². The second kappa shape index (κ2) is 6.99. The molecule has 0 atom stereocenters. The Bertz CT molecular complexity index is 739. The smallest absolute Gasteiger partial charge is 0.410 e. The van der Waals surface area contributed by atoms with Crippen molar-refractivity contribution < 1.29 is 29.1 Å². The maximum Gasteiger partial charge on any atom is 0.410 e. The first-order valence-corrected chi connectivity index (χ1v) is 8.11. The Morgan fingerprint density at radius 1 is 1.38 bits per heavy atom. The van der Waals surface area contributed by atoms with E-state index in [0.29, 0.717) is 0 Å². The fourth-order valence-corrected chi connectivity index (χ4v) is 2.73. The molecule has 142 valence electrons. The molecule has 10 heteroatoms. The molecule has 2 rings (SSSR count). The summed E-state index contributed by atoms with van der Waals surface area (Å²) < 4.78 is 11.0. The lowest BCUT2D eigenvalue weighted by Gasteiger charge is -2.48. The Balaban J connectivity index is 2.14. The number of nitro benzene ring substituents is 1. The molecule has 0 spiro atoms. The van der Waals surface area contributed by atoms with Crippen molar-refractivity contribution in [3.8, 4) is 5.75 Å². The number of hydrogen-bond donors (Lipinski definition) is 1. The number of nitro groups is 1. The minimum Gasteiger partial charge on any atom is -0.481 e. The molecule has 1 aliphatic rings. The second-order valence-corrected chi connectivity index (χ2v) is 7.47. The van der Waals surface area contributed by atoms with Gasteiger partial charge in [-0.25, -0.2) is 4.79 Å². The Morgan fingerprint density at radius 3 is 2.46 bits per heavy atom. The molecule has 1 aromatic carbocycles. The van der Waals surface area contributed by atoms with E-state index in [1.54, 1.807) is 20.8 Å².